The van der Waals surface area contributed by atoms with Gasteiger partial charge in [0.05, 0.1) is 12.1 Å². The maximum absolute atomic E-state index is 10.7. The summed E-state index contributed by atoms with van der Waals surface area (Å²) in [4.78, 5) is 19.2. The second-order valence-corrected chi connectivity index (χ2v) is 4.39. The van der Waals surface area contributed by atoms with E-state index >= 15 is 0 Å². The van der Waals surface area contributed by atoms with E-state index in [9.17, 15) is 4.79 Å². The Morgan fingerprint density at radius 2 is 2.40 bits per heavy atom. The van der Waals surface area contributed by atoms with Crippen LogP contribution in [0.5, 0.6) is 0 Å². The van der Waals surface area contributed by atoms with Gasteiger partial charge in [-0.1, -0.05) is 11.8 Å². The summed E-state index contributed by atoms with van der Waals surface area (Å²) in [5, 5.41) is 9.49. The van der Waals surface area contributed by atoms with Crippen molar-refractivity contribution in [3.63, 3.8) is 0 Å². The zero-order valence-corrected chi connectivity index (χ0v) is 9.25. The molecule has 0 saturated heterocycles. The van der Waals surface area contributed by atoms with Gasteiger partial charge in [-0.15, -0.1) is 0 Å². The fraction of sp³-hybridized carbons (Fsp3) is 0.500. The maximum Gasteiger partial charge on any atom is 0.307 e. The number of nitrogens with zero attached hydrogens (tertiary/aromatic N) is 2. The molecule has 1 aliphatic rings. The van der Waals surface area contributed by atoms with Crippen molar-refractivity contribution in [1.82, 2.24) is 9.97 Å². The molecule has 0 bridgehead atoms. The summed E-state index contributed by atoms with van der Waals surface area (Å²) in [5.74, 6) is -0.356. The van der Waals surface area contributed by atoms with E-state index < -0.39 is 5.97 Å². The van der Waals surface area contributed by atoms with Crippen molar-refractivity contribution < 1.29 is 9.90 Å². The maximum atomic E-state index is 10.7. The smallest absolute Gasteiger partial charge is 0.307 e. The lowest BCUT2D eigenvalue weighted by Crippen LogP contribution is -2.06. The van der Waals surface area contributed by atoms with Crippen molar-refractivity contribution >= 4 is 17.7 Å². The quantitative estimate of drug-likeness (QED) is 0.623. The number of aromatic nitrogens is 2. The Bertz CT molecular complexity index is 391. The molecule has 80 valence electrons. The van der Waals surface area contributed by atoms with Crippen molar-refractivity contribution in [2.75, 3.05) is 6.26 Å². The first-order chi connectivity index (χ1) is 7.20. The van der Waals surface area contributed by atoms with Crippen LogP contribution in [0.2, 0.25) is 0 Å². The van der Waals surface area contributed by atoms with Crippen LogP contribution in [0.1, 0.15) is 30.0 Å². The first-order valence-electron chi connectivity index (χ1n) is 4.82. The average molecular weight is 224 g/mol. The second-order valence-electron chi connectivity index (χ2n) is 3.61. The summed E-state index contributed by atoms with van der Waals surface area (Å²) >= 11 is 1.49. The largest absolute Gasteiger partial charge is 0.481 e. The van der Waals surface area contributed by atoms with Crippen LogP contribution in [-0.4, -0.2) is 27.3 Å². The average Bonchev–Trinajstić information content (AvgIpc) is 3.01. The van der Waals surface area contributed by atoms with Crippen LogP contribution in [0.15, 0.2) is 11.4 Å². The molecule has 2 rings (SSSR count). The van der Waals surface area contributed by atoms with E-state index in [-0.39, 0.29) is 6.42 Å². The standard InChI is InChI=1S/C10H12N2O2S/c1-15-10-11-5-7(4-8(13)14)9(12-10)6-2-3-6/h5-6H,2-4H2,1H3,(H,13,14). The van der Waals surface area contributed by atoms with E-state index in [1.54, 1.807) is 6.20 Å². The van der Waals surface area contributed by atoms with Gasteiger partial charge in [-0.25, -0.2) is 9.97 Å². The highest BCUT2D eigenvalue weighted by atomic mass is 32.2. The zero-order valence-electron chi connectivity index (χ0n) is 8.43. The summed E-state index contributed by atoms with van der Waals surface area (Å²) in [5.41, 5.74) is 1.71. The summed E-state index contributed by atoms with van der Waals surface area (Å²) < 4.78 is 0. The van der Waals surface area contributed by atoms with Gasteiger partial charge in [0.2, 0.25) is 0 Å². The minimum absolute atomic E-state index is 0.0283. The van der Waals surface area contributed by atoms with Crippen LogP contribution in [0.4, 0.5) is 0 Å². The first-order valence-corrected chi connectivity index (χ1v) is 6.04. The van der Waals surface area contributed by atoms with Crippen molar-refractivity contribution in [3.8, 4) is 0 Å². The van der Waals surface area contributed by atoms with E-state index in [0.717, 1.165) is 29.3 Å². The molecule has 0 spiro atoms. The van der Waals surface area contributed by atoms with Gasteiger partial charge >= 0.3 is 5.97 Å². The molecule has 0 radical (unpaired) electrons. The van der Waals surface area contributed by atoms with Crippen LogP contribution >= 0.6 is 11.8 Å². The summed E-state index contributed by atoms with van der Waals surface area (Å²) in [6, 6.07) is 0. The molecular formula is C10H12N2O2S. The van der Waals surface area contributed by atoms with E-state index in [2.05, 4.69) is 9.97 Å². The summed E-state index contributed by atoms with van der Waals surface area (Å²) in [6.45, 7) is 0. The molecule has 1 aromatic heterocycles. The van der Waals surface area contributed by atoms with Gasteiger partial charge in [0.25, 0.3) is 0 Å². The molecule has 15 heavy (non-hydrogen) atoms. The predicted molar refractivity (Wildman–Crippen MR) is 57.1 cm³/mol. The minimum Gasteiger partial charge on any atom is -0.481 e. The van der Waals surface area contributed by atoms with E-state index in [0.29, 0.717) is 5.92 Å². The number of rotatable bonds is 4. The number of thioether (sulfide) groups is 1. The van der Waals surface area contributed by atoms with Crippen molar-refractivity contribution in [1.29, 1.82) is 0 Å². The molecular weight excluding hydrogens is 212 g/mol. The number of aliphatic carboxylic acids is 1. The molecule has 1 heterocycles. The Hall–Kier alpha value is -1.10. The van der Waals surface area contributed by atoms with Gasteiger partial charge in [-0.2, -0.15) is 0 Å². The highest BCUT2D eigenvalue weighted by Gasteiger charge is 2.28. The zero-order chi connectivity index (χ0) is 10.8. The number of carbonyl (C=O) groups is 1. The van der Waals surface area contributed by atoms with E-state index in [4.69, 9.17) is 5.11 Å². The lowest BCUT2D eigenvalue weighted by molar-refractivity contribution is -0.136. The lowest BCUT2D eigenvalue weighted by atomic mass is 10.1. The molecule has 0 aromatic carbocycles. The van der Waals surface area contributed by atoms with Gasteiger partial charge in [-0.3, -0.25) is 4.79 Å². The molecule has 0 aliphatic heterocycles. The van der Waals surface area contributed by atoms with Crippen molar-refractivity contribution in [2.45, 2.75) is 30.3 Å². The molecule has 0 atom stereocenters. The Morgan fingerprint density at radius 3 is 2.93 bits per heavy atom. The topological polar surface area (TPSA) is 63.1 Å². The third-order valence-corrected chi connectivity index (χ3v) is 2.93. The third-order valence-electron chi connectivity index (χ3n) is 2.36. The van der Waals surface area contributed by atoms with Gasteiger partial charge in [-0.05, 0) is 19.1 Å². The number of hydrogen-bond acceptors (Lipinski definition) is 4. The Morgan fingerprint density at radius 1 is 1.67 bits per heavy atom. The minimum atomic E-state index is -0.822. The third kappa shape index (κ3) is 2.47. The fourth-order valence-corrected chi connectivity index (χ4v) is 1.86. The first kappa shape index (κ1) is 10.4. The van der Waals surface area contributed by atoms with Gasteiger partial charge in [0, 0.05) is 17.7 Å². The number of carboxylic acids is 1. The molecule has 0 unspecified atom stereocenters. The van der Waals surface area contributed by atoms with E-state index in [1.165, 1.54) is 11.8 Å². The second kappa shape index (κ2) is 4.18. The molecule has 1 aliphatic carbocycles. The Kier molecular flexibility index (Phi) is 2.90. The predicted octanol–water partition coefficient (Wildman–Crippen LogP) is 1.70. The SMILES string of the molecule is CSc1ncc(CC(=O)O)c(C2CC2)n1. The fourth-order valence-electron chi connectivity index (χ4n) is 1.51. The van der Waals surface area contributed by atoms with Crippen LogP contribution in [0.25, 0.3) is 0 Å². The summed E-state index contributed by atoms with van der Waals surface area (Å²) in [7, 11) is 0. The van der Waals surface area contributed by atoms with Crippen molar-refractivity contribution in [3.05, 3.63) is 17.5 Å². The molecule has 1 aromatic rings. The molecule has 5 heteroatoms. The van der Waals surface area contributed by atoms with Crippen LogP contribution in [-0.2, 0) is 11.2 Å². The van der Waals surface area contributed by atoms with Crippen LogP contribution < -0.4 is 0 Å². The van der Waals surface area contributed by atoms with Crippen molar-refractivity contribution in [2.24, 2.45) is 0 Å². The highest BCUT2D eigenvalue weighted by molar-refractivity contribution is 7.98. The monoisotopic (exact) mass is 224 g/mol. The number of hydrogen-bond donors (Lipinski definition) is 1. The lowest BCUT2D eigenvalue weighted by Gasteiger charge is -2.06. The van der Waals surface area contributed by atoms with Crippen LogP contribution in [0.3, 0.4) is 0 Å². The van der Waals surface area contributed by atoms with Gasteiger partial charge in [0.1, 0.15) is 0 Å². The van der Waals surface area contributed by atoms with Gasteiger partial charge in [0.15, 0.2) is 5.16 Å². The number of carboxylic acid groups (broad SMARTS) is 1. The molecule has 0 amide bonds. The Labute approximate surface area is 92.1 Å². The Balaban J connectivity index is 2.31. The highest BCUT2D eigenvalue weighted by Crippen LogP contribution is 2.40. The summed E-state index contributed by atoms with van der Waals surface area (Å²) in [6.07, 6.45) is 5.85. The molecule has 4 nitrogen and oxygen atoms in total. The molecule has 1 N–H and O–H groups in total. The molecule has 1 saturated carbocycles. The molecule has 1 fully saturated rings. The van der Waals surface area contributed by atoms with Crippen LogP contribution in [0, 0.1) is 0 Å². The normalized spacial score (nSPS) is 15.3. The van der Waals surface area contributed by atoms with Gasteiger partial charge < -0.3 is 5.11 Å². The van der Waals surface area contributed by atoms with E-state index in [1.807, 2.05) is 6.26 Å².